The minimum atomic E-state index is -0.0147. The Labute approximate surface area is 171 Å². The third kappa shape index (κ3) is 6.13. The Morgan fingerprint density at radius 2 is 1.67 bits per heavy atom. The normalized spacial score (nSPS) is 28.6. The SMILES string of the molecule is CC1(C)C2CCC1(C)C(SCCC(=O)OCCCCCCCCCCO)C2. The van der Waals surface area contributed by atoms with Gasteiger partial charge in [0, 0.05) is 17.6 Å². The lowest BCUT2D eigenvalue weighted by Crippen LogP contribution is -2.34. The zero-order valence-electron chi connectivity index (χ0n) is 17.9. The summed E-state index contributed by atoms with van der Waals surface area (Å²) in [6.07, 6.45) is 13.8. The highest BCUT2D eigenvalue weighted by molar-refractivity contribution is 7.99. The Balaban J connectivity index is 1.45. The van der Waals surface area contributed by atoms with Gasteiger partial charge in [0.1, 0.15) is 0 Å². The first-order valence-corrected chi connectivity index (χ1v) is 12.3. The molecule has 0 aromatic heterocycles. The van der Waals surface area contributed by atoms with Crippen LogP contribution in [0, 0.1) is 16.7 Å². The predicted octanol–water partition coefficient (Wildman–Crippen LogP) is 5.98. The lowest BCUT2D eigenvalue weighted by Gasteiger charge is -2.39. The zero-order valence-corrected chi connectivity index (χ0v) is 18.7. The number of esters is 1. The molecular formula is C23H42O3S. The second-order valence-electron chi connectivity index (χ2n) is 9.49. The lowest BCUT2D eigenvalue weighted by molar-refractivity contribution is -0.143. The number of ether oxygens (including phenoxy) is 1. The number of hydrogen-bond donors (Lipinski definition) is 1. The minimum absolute atomic E-state index is 0.0147. The number of aliphatic hydroxyl groups is 1. The van der Waals surface area contributed by atoms with Crippen LogP contribution in [0.15, 0.2) is 0 Å². The van der Waals surface area contributed by atoms with Crippen molar-refractivity contribution >= 4 is 17.7 Å². The quantitative estimate of drug-likeness (QED) is 0.289. The third-order valence-electron chi connectivity index (χ3n) is 7.65. The molecule has 158 valence electrons. The lowest BCUT2D eigenvalue weighted by atomic mass is 9.71. The molecule has 2 fully saturated rings. The summed E-state index contributed by atoms with van der Waals surface area (Å²) in [6.45, 7) is 8.29. The fraction of sp³-hybridized carbons (Fsp3) is 0.957. The van der Waals surface area contributed by atoms with E-state index < -0.39 is 0 Å². The van der Waals surface area contributed by atoms with Crippen molar-refractivity contribution in [1.29, 1.82) is 0 Å². The molecule has 27 heavy (non-hydrogen) atoms. The number of hydrogen-bond acceptors (Lipinski definition) is 4. The fourth-order valence-electron chi connectivity index (χ4n) is 5.20. The number of carbonyl (C=O) groups excluding carboxylic acids is 1. The summed E-state index contributed by atoms with van der Waals surface area (Å²) in [5, 5.41) is 9.45. The molecule has 3 nitrogen and oxygen atoms in total. The average Bonchev–Trinajstić information content (AvgIpc) is 2.97. The van der Waals surface area contributed by atoms with Gasteiger partial charge in [-0.15, -0.1) is 0 Å². The van der Waals surface area contributed by atoms with Crippen LogP contribution < -0.4 is 0 Å². The van der Waals surface area contributed by atoms with E-state index >= 15 is 0 Å². The van der Waals surface area contributed by atoms with E-state index in [1.54, 1.807) is 0 Å². The van der Waals surface area contributed by atoms with Gasteiger partial charge < -0.3 is 9.84 Å². The summed E-state index contributed by atoms with van der Waals surface area (Å²) >= 11 is 2.02. The van der Waals surface area contributed by atoms with Gasteiger partial charge in [-0.25, -0.2) is 0 Å². The molecule has 3 atom stereocenters. The summed E-state index contributed by atoms with van der Waals surface area (Å²) in [6, 6.07) is 0. The first-order valence-electron chi connectivity index (χ1n) is 11.3. The number of unbranched alkanes of at least 4 members (excludes halogenated alkanes) is 7. The maximum absolute atomic E-state index is 12.0. The van der Waals surface area contributed by atoms with E-state index in [9.17, 15) is 4.79 Å². The second-order valence-corrected chi connectivity index (χ2v) is 10.8. The molecule has 2 bridgehead atoms. The van der Waals surface area contributed by atoms with E-state index in [2.05, 4.69) is 20.8 Å². The number of rotatable bonds is 14. The Kier molecular flexibility index (Phi) is 9.47. The van der Waals surface area contributed by atoms with Crippen LogP contribution in [0.1, 0.15) is 97.8 Å². The fourth-order valence-corrected chi connectivity index (χ4v) is 6.93. The van der Waals surface area contributed by atoms with Gasteiger partial charge >= 0.3 is 5.97 Å². The van der Waals surface area contributed by atoms with Gasteiger partial charge in [-0.2, -0.15) is 11.8 Å². The van der Waals surface area contributed by atoms with E-state index in [1.165, 1.54) is 44.9 Å². The van der Waals surface area contributed by atoms with Crippen LogP contribution in [0.4, 0.5) is 0 Å². The van der Waals surface area contributed by atoms with E-state index in [1.807, 2.05) is 11.8 Å². The summed E-state index contributed by atoms with van der Waals surface area (Å²) in [5.41, 5.74) is 0.911. The second kappa shape index (κ2) is 11.1. The molecule has 0 aliphatic heterocycles. The minimum Gasteiger partial charge on any atom is -0.466 e. The van der Waals surface area contributed by atoms with Crippen LogP contribution in [0.5, 0.6) is 0 Å². The predicted molar refractivity (Wildman–Crippen MR) is 115 cm³/mol. The smallest absolute Gasteiger partial charge is 0.306 e. The maximum Gasteiger partial charge on any atom is 0.306 e. The van der Waals surface area contributed by atoms with Crippen molar-refractivity contribution in [2.75, 3.05) is 19.0 Å². The van der Waals surface area contributed by atoms with Crippen molar-refractivity contribution in [3.63, 3.8) is 0 Å². The van der Waals surface area contributed by atoms with Crippen molar-refractivity contribution in [1.82, 2.24) is 0 Å². The summed E-state index contributed by atoms with van der Waals surface area (Å²) in [4.78, 5) is 12.0. The molecule has 2 aliphatic carbocycles. The number of aliphatic hydroxyl groups excluding tert-OH is 1. The van der Waals surface area contributed by atoms with Crippen LogP contribution >= 0.6 is 11.8 Å². The van der Waals surface area contributed by atoms with Crippen molar-refractivity contribution in [2.24, 2.45) is 16.7 Å². The molecule has 0 radical (unpaired) electrons. The molecule has 0 aromatic rings. The van der Waals surface area contributed by atoms with Gasteiger partial charge in [0.15, 0.2) is 0 Å². The Morgan fingerprint density at radius 3 is 2.22 bits per heavy atom. The van der Waals surface area contributed by atoms with Crippen molar-refractivity contribution < 1.29 is 14.6 Å². The van der Waals surface area contributed by atoms with Gasteiger partial charge in [0.2, 0.25) is 0 Å². The standard InChI is InChI=1S/C23H42O3S/c1-22(2)19-12-14-23(22,3)20(18-19)27-17-13-21(25)26-16-11-9-7-5-4-6-8-10-15-24/h19-20,24H,4-18H2,1-3H3. The molecule has 0 amide bonds. The summed E-state index contributed by atoms with van der Waals surface area (Å²) in [7, 11) is 0. The van der Waals surface area contributed by atoms with Gasteiger partial charge in [-0.3, -0.25) is 4.79 Å². The Hall–Kier alpha value is -0.220. The molecule has 4 heteroatoms. The van der Waals surface area contributed by atoms with Crippen LogP contribution in [0.3, 0.4) is 0 Å². The van der Waals surface area contributed by atoms with Gasteiger partial charge in [-0.1, -0.05) is 59.3 Å². The molecule has 0 spiro atoms. The van der Waals surface area contributed by atoms with Crippen LogP contribution in [0.25, 0.3) is 0 Å². The summed E-state index contributed by atoms with van der Waals surface area (Å²) < 4.78 is 5.41. The first kappa shape index (κ1) is 23.1. The number of carbonyl (C=O) groups is 1. The monoisotopic (exact) mass is 398 g/mol. The summed E-state index contributed by atoms with van der Waals surface area (Å²) in [5.74, 6) is 1.77. The third-order valence-corrected chi connectivity index (χ3v) is 9.21. The number of thioether (sulfide) groups is 1. The topological polar surface area (TPSA) is 46.5 Å². The average molecular weight is 399 g/mol. The zero-order chi connectivity index (χ0) is 19.8. The highest BCUT2D eigenvalue weighted by atomic mass is 32.2. The van der Waals surface area contributed by atoms with Gasteiger partial charge in [0.25, 0.3) is 0 Å². The molecule has 2 aliphatic rings. The maximum atomic E-state index is 12.0. The van der Waals surface area contributed by atoms with Crippen LogP contribution in [-0.2, 0) is 9.53 Å². The molecule has 1 N–H and O–H groups in total. The Morgan fingerprint density at radius 1 is 1.04 bits per heavy atom. The molecule has 0 aromatic carbocycles. The van der Waals surface area contributed by atoms with Gasteiger partial charge in [0.05, 0.1) is 13.0 Å². The molecule has 0 heterocycles. The van der Waals surface area contributed by atoms with Crippen molar-refractivity contribution in [2.45, 2.75) is 103 Å². The van der Waals surface area contributed by atoms with Crippen molar-refractivity contribution in [3.05, 3.63) is 0 Å². The molecule has 2 rings (SSSR count). The van der Waals surface area contributed by atoms with E-state index in [-0.39, 0.29) is 5.97 Å². The van der Waals surface area contributed by atoms with E-state index in [0.717, 1.165) is 42.6 Å². The van der Waals surface area contributed by atoms with Crippen LogP contribution in [-0.4, -0.2) is 35.3 Å². The Bertz CT molecular complexity index is 451. The number of fused-ring (bicyclic) bond motifs is 2. The van der Waals surface area contributed by atoms with Crippen molar-refractivity contribution in [3.8, 4) is 0 Å². The highest BCUT2D eigenvalue weighted by Gasteiger charge is 2.61. The van der Waals surface area contributed by atoms with Gasteiger partial charge in [-0.05, 0) is 48.9 Å². The molecular weight excluding hydrogens is 356 g/mol. The van der Waals surface area contributed by atoms with Crippen LogP contribution in [0.2, 0.25) is 0 Å². The highest BCUT2D eigenvalue weighted by Crippen LogP contribution is 2.68. The largest absolute Gasteiger partial charge is 0.466 e. The van der Waals surface area contributed by atoms with E-state index in [0.29, 0.717) is 30.5 Å². The molecule has 0 saturated heterocycles. The first-order chi connectivity index (χ1) is 12.9. The molecule has 3 unspecified atom stereocenters. The molecule has 2 saturated carbocycles. The van der Waals surface area contributed by atoms with E-state index in [4.69, 9.17) is 9.84 Å².